The topological polar surface area (TPSA) is 75.7 Å². The summed E-state index contributed by atoms with van der Waals surface area (Å²) in [4.78, 5) is 37.9. The minimum absolute atomic E-state index is 0.0911. The van der Waals surface area contributed by atoms with E-state index in [1.165, 1.54) is 5.56 Å². The normalized spacial score (nSPS) is 16.3. The van der Waals surface area contributed by atoms with Crippen molar-refractivity contribution in [3.63, 3.8) is 0 Å². The molecule has 1 saturated heterocycles. The largest absolute Gasteiger partial charge is 0.455 e. The summed E-state index contributed by atoms with van der Waals surface area (Å²) in [6, 6.07) is 16.7. The Balaban J connectivity index is 1.49. The van der Waals surface area contributed by atoms with Crippen LogP contribution in [0.3, 0.4) is 0 Å². The number of nitrogens with one attached hydrogen (secondary N) is 1. The molecule has 2 amide bonds. The number of anilines is 2. The van der Waals surface area contributed by atoms with Gasteiger partial charge in [0.25, 0.3) is 5.91 Å². The number of rotatable bonds is 6. The minimum atomic E-state index is -0.561. The van der Waals surface area contributed by atoms with Crippen molar-refractivity contribution in [2.75, 3.05) is 23.4 Å². The van der Waals surface area contributed by atoms with Crippen molar-refractivity contribution in [3.05, 3.63) is 60.2 Å². The number of hydrogen-bond donors (Lipinski definition) is 1. The number of esters is 1. The lowest BCUT2D eigenvalue weighted by molar-refractivity contribution is -0.151. The third-order valence-electron chi connectivity index (χ3n) is 4.52. The minimum Gasteiger partial charge on any atom is -0.455 e. The van der Waals surface area contributed by atoms with Crippen LogP contribution in [-0.2, 0) is 25.5 Å². The number of nitrogens with zero attached hydrogens (tertiary/aromatic N) is 1. The van der Waals surface area contributed by atoms with E-state index >= 15 is 0 Å². The van der Waals surface area contributed by atoms with Gasteiger partial charge in [-0.3, -0.25) is 14.4 Å². The summed E-state index contributed by atoms with van der Waals surface area (Å²) >= 11 is 0. The Labute approximate surface area is 158 Å². The molecule has 1 N–H and O–H groups in total. The lowest BCUT2D eigenvalue weighted by Gasteiger charge is -2.16. The van der Waals surface area contributed by atoms with Gasteiger partial charge in [-0.25, -0.2) is 0 Å². The van der Waals surface area contributed by atoms with E-state index in [-0.39, 0.29) is 25.5 Å². The number of carbonyl (C=O) groups excluding carboxylic acids is 3. The molecule has 0 radical (unpaired) electrons. The summed E-state index contributed by atoms with van der Waals surface area (Å²) in [6.45, 7) is 1.95. The van der Waals surface area contributed by atoms with Crippen molar-refractivity contribution in [2.45, 2.75) is 19.8 Å². The molecule has 0 spiro atoms. The van der Waals surface area contributed by atoms with Gasteiger partial charge in [0, 0.05) is 24.3 Å². The fraction of sp³-hybridized carbons (Fsp3) is 0.286. The molecule has 2 aromatic carbocycles. The van der Waals surface area contributed by atoms with E-state index in [1.54, 1.807) is 4.90 Å². The van der Waals surface area contributed by atoms with Crippen LogP contribution in [-0.4, -0.2) is 30.9 Å². The van der Waals surface area contributed by atoms with Crippen LogP contribution in [0.15, 0.2) is 54.6 Å². The fourth-order valence-electron chi connectivity index (χ4n) is 3.00. The molecule has 0 bridgehead atoms. The quantitative estimate of drug-likeness (QED) is 0.798. The van der Waals surface area contributed by atoms with Crippen LogP contribution < -0.4 is 10.2 Å². The van der Waals surface area contributed by atoms with E-state index in [2.05, 4.69) is 12.2 Å². The maximum atomic E-state index is 12.2. The number of para-hydroxylation sites is 1. The molecule has 0 aliphatic carbocycles. The number of carbonyl (C=O) groups is 3. The summed E-state index contributed by atoms with van der Waals surface area (Å²) in [6.07, 6.45) is 1.01. The Morgan fingerprint density at radius 3 is 2.48 bits per heavy atom. The van der Waals surface area contributed by atoms with E-state index in [9.17, 15) is 14.4 Å². The molecule has 1 heterocycles. The molecule has 1 atom stereocenters. The maximum absolute atomic E-state index is 12.2. The molecule has 1 aliphatic heterocycles. The van der Waals surface area contributed by atoms with Gasteiger partial charge in [-0.05, 0) is 36.2 Å². The smallest absolute Gasteiger partial charge is 0.311 e. The Hall–Kier alpha value is -3.15. The number of hydrogen-bond acceptors (Lipinski definition) is 4. The summed E-state index contributed by atoms with van der Waals surface area (Å²) in [5.41, 5.74) is 2.58. The van der Waals surface area contributed by atoms with Crippen LogP contribution in [0.25, 0.3) is 0 Å². The molecule has 140 valence electrons. The zero-order chi connectivity index (χ0) is 19.2. The summed E-state index contributed by atoms with van der Waals surface area (Å²) in [5.74, 6) is -1.62. The molecular formula is C21H22N2O4. The number of aryl methyl sites for hydroxylation is 1. The average Bonchev–Trinajstić information content (AvgIpc) is 3.09. The van der Waals surface area contributed by atoms with Crippen LogP contribution in [0.5, 0.6) is 0 Å². The first-order chi connectivity index (χ1) is 13.1. The molecule has 0 saturated carbocycles. The van der Waals surface area contributed by atoms with Gasteiger partial charge >= 0.3 is 5.97 Å². The number of amides is 2. The van der Waals surface area contributed by atoms with Gasteiger partial charge in [0.1, 0.15) is 0 Å². The van der Waals surface area contributed by atoms with Gasteiger partial charge in [0.15, 0.2) is 6.61 Å². The predicted octanol–water partition coefficient (Wildman–Crippen LogP) is 2.78. The SMILES string of the molecule is CCc1ccc(NC(=O)COC(=O)[C@H]2CC(=O)N(c3ccccc3)C2)cc1. The fourth-order valence-corrected chi connectivity index (χ4v) is 3.00. The molecule has 1 aliphatic rings. The monoisotopic (exact) mass is 366 g/mol. The number of ether oxygens (including phenoxy) is 1. The van der Waals surface area contributed by atoms with E-state index in [0.29, 0.717) is 5.69 Å². The molecular weight excluding hydrogens is 344 g/mol. The van der Waals surface area contributed by atoms with Crippen LogP contribution in [0, 0.1) is 5.92 Å². The van der Waals surface area contributed by atoms with Crippen molar-refractivity contribution in [1.29, 1.82) is 0 Å². The first-order valence-corrected chi connectivity index (χ1v) is 8.97. The second-order valence-electron chi connectivity index (χ2n) is 6.45. The van der Waals surface area contributed by atoms with E-state index in [0.717, 1.165) is 12.1 Å². The Bertz CT molecular complexity index is 818. The summed E-state index contributed by atoms with van der Waals surface area (Å²) in [5, 5.41) is 2.69. The van der Waals surface area contributed by atoms with Gasteiger partial charge in [0.05, 0.1) is 5.92 Å². The van der Waals surface area contributed by atoms with Gasteiger partial charge in [-0.15, -0.1) is 0 Å². The van der Waals surface area contributed by atoms with E-state index in [4.69, 9.17) is 4.74 Å². The molecule has 6 heteroatoms. The third-order valence-corrected chi connectivity index (χ3v) is 4.52. The highest BCUT2D eigenvalue weighted by Crippen LogP contribution is 2.25. The highest BCUT2D eigenvalue weighted by Gasteiger charge is 2.36. The van der Waals surface area contributed by atoms with Gasteiger partial charge in [0.2, 0.25) is 5.91 Å². The van der Waals surface area contributed by atoms with Crippen molar-refractivity contribution in [3.8, 4) is 0 Å². The Morgan fingerprint density at radius 2 is 1.81 bits per heavy atom. The van der Waals surface area contributed by atoms with Crippen molar-refractivity contribution in [1.82, 2.24) is 0 Å². The first-order valence-electron chi connectivity index (χ1n) is 8.97. The van der Waals surface area contributed by atoms with Gasteiger partial charge in [-0.2, -0.15) is 0 Å². The van der Waals surface area contributed by atoms with Crippen molar-refractivity contribution in [2.24, 2.45) is 5.92 Å². The molecule has 0 aromatic heterocycles. The molecule has 2 aromatic rings. The second kappa shape index (κ2) is 8.49. The first kappa shape index (κ1) is 18.6. The lowest BCUT2D eigenvalue weighted by atomic mass is 10.1. The predicted molar refractivity (Wildman–Crippen MR) is 102 cm³/mol. The van der Waals surface area contributed by atoms with Crippen LogP contribution in [0.4, 0.5) is 11.4 Å². The van der Waals surface area contributed by atoms with Gasteiger partial charge in [-0.1, -0.05) is 37.3 Å². The Kier molecular flexibility index (Phi) is 5.86. The Morgan fingerprint density at radius 1 is 1.11 bits per heavy atom. The van der Waals surface area contributed by atoms with Crippen LogP contribution in [0.2, 0.25) is 0 Å². The van der Waals surface area contributed by atoms with E-state index < -0.39 is 17.8 Å². The van der Waals surface area contributed by atoms with Gasteiger partial charge < -0.3 is 15.0 Å². The average molecular weight is 366 g/mol. The zero-order valence-electron chi connectivity index (χ0n) is 15.2. The second-order valence-corrected chi connectivity index (χ2v) is 6.45. The van der Waals surface area contributed by atoms with Crippen molar-refractivity contribution < 1.29 is 19.1 Å². The lowest BCUT2D eigenvalue weighted by Crippen LogP contribution is -2.28. The van der Waals surface area contributed by atoms with Crippen LogP contribution in [0.1, 0.15) is 18.9 Å². The van der Waals surface area contributed by atoms with E-state index in [1.807, 2.05) is 54.6 Å². The highest BCUT2D eigenvalue weighted by molar-refractivity contribution is 6.00. The molecule has 1 fully saturated rings. The molecule has 3 rings (SSSR count). The van der Waals surface area contributed by atoms with Crippen molar-refractivity contribution >= 4 is 29.2 Å². The maximum Gasteiger partial charge on any atom is 0.311 e. The zero-order valence-corrected chi connectivity index (χ0v) is 15.2. The number of benzene rings is 2. The standard InChI is InChI=1S/C21H22N2O4/c1-2-15-8-10-17(11-9-15)22-19(24)14-27-21(26)16-12-20(25)23(13-16)18-6-4-3-5-7-18/h3-11,16H,2,12-14H2,1H3,(H,22,24)/t16-/m0/s1. The summed E-state index contributed by atoms with van der Waals surface area (Å²) in [7, 11) is 0. The van der Waals surface area contributed by atoms with Crippen LogP contribution >= 0.6 is 0 Å². The molecule has 6 nitrogen and oxygen atoms in total. The third kappa shape index (κ3) is 4.73. The summed E-state index contributed by atoms with van der Waals surface area (Å²) < 4.78 is 5.11. The molecule has 0 unspecified atom stereocenters. The molecule has 27 heavy (non-hydrogen) atoms. The highest BCUT2D eigenvalue weighted by atomic mass is 16.5.